The van der Waals surface area contributed by atoms with Gasteiger partial charge >= 0.3 is 0 Å². The van der Waals surface area contributed by atoms with Gasteiger partial charge in [-0.3, -0.25) is 0 Å². The fourth-order valence-corrected chi connectivity index (χ4v) is 3.71. The molecular weight excluding hydrogens is 180 g/mol. The van der Waals surface area contributed by atoms with Crippen molar-refractivity contribution in [3.05, 3.63) is 11.1 Å². The van der Waals surface area contributed by atoms with Gasteiger partial charge in [0.15, 0.2) is 5.13 Å². The molecule has 1 heterocycles. The van der Waals surface area contributed by atoms with Crippen LogP contribution in [-0.2, 0) is 0 Å². The molecule has 3 rings (SSSR count). The average Bonchev–Trinajstić information content (AvgIpc) is 2.77. The Morgan fingerprint density at radius 2 is 2.31 bits per heavy atom. The van der Waals surface area contributed by atoms with E-state index in [1.54, 1.807) is 11.3 Å². The number of anilines is 1. The summed E-state index contributed by atoms with van der Waals surface area (Å²) in [6.45, 7) is 0. The Balaban J connectivity index is 1.87. The lowest BCUT2D eigenvalue weighted by molar-refractivity contribution is 0.414. The molecule has 0 saturated heterocycles. The highest BCUT2D eigenvalue weighted by molar-refractivity contribution is 7.13. The third-order valence-electron chi connectivity index (χ3n) is 3.66. The molecule has 2 fully saturated rings. The summed E-state index contributed by atoms with van der Waals surface area (Å²) in [5.74, 6) is 2.66. The number of nitrogens with zero attached hydrogens (tertiary/aromatic N) is 1. The first kappa shape index (κ1) is 7.80. The van der Waals surface area contributed by atoms with Gasteiger partial charge in [-0.15, -0.1) is 11.3 Å². The lowest BCUT2D eigenvalue weighted by atomic mass is 9.87. The van der Waals surface area contributed by atoms with Crippen molar-refractivity contribution in [2.45, 2.75) is 31.6 Å². The topological polar surface area (TPSA) is 38.9 Å². The van der Waals surface area contributed by atoms with E-state index in [4.69, 9.17) is 5.73 Å². The second-order valence-electron chi connectivity index (χ2n) is 4.39. The van der Waals surface area contributed by atoms with E-state index in [-0.39, 0.29) is 0 Å². The zero-order valence-electron chi connectivity index (χ0n) is 7.57. The van der Waals surface area contributed by atoms with Crippen LogP contribution in [0.1, 0.15) is 37.3 Å². The van der Waals surface area contributed by atoms with Crippen LogP contribution in [-0.4, -0.2) is 4.98 Å². The largest absolute Gasteiger partial charge is 0.375 e. The van der Waals surface area contributed by atoms with Gasteiger partial charge in [0.2, 0.25) is 0 Å². The molecule has 3 heteroatoms. The summed E-state index contributed by atoms with van der Waals surface area (Å²) in [6, 6.07) is 0. The molecular formula is C10H14N2S. The molecule has 0 aromatic carbocycles. The predicted molar refractivity (Wildman–Crippen MR) is 54.7 cm³/mol. The lowest BCUT2D eigenvalue weighted by Crippen LogP contribution is -2.08. The van der Waals surface area contributed by atoms with Gasteiger partial charge in [-0.2, -0.15) is 0 Å². The number of rotatable bonds is 1. The molecule has 1 aromatic heterocycles. The SMILES string of the molecule is Nc1nc([C@H]2C[C@H]3CC[C@H]2C3)cs1. The van der Waals surface area contributed by atoms with Crippen LogP contribution < -0.4 is 5.73 Å². The Labute approximate surface area is 82.2 Å². The number of hydrogen-bond acceptors (Lipinski definition) is 3. The van der Waals surface area contributed by atoms with Crippen LogP contribution in [0, 0.1) is 11.8 Å². The van der Waals surface area contributed by atoms with Crippen LogP contribution >= 0.6 is 11.3 Å². The van der Waals surface area contributed by atoms with E-state index in [9.17, 15) is 0 Å². The Kier molecular flexibility index (Phi) is 1.62. The van der Waals surface area contributed by atoms with Crippen molar-refractivity contribution in [3.63, 3.8) is 0 Å². The van der Waals surface area contributed by atoms with E-state index in [2.05, 4.69) is 10.4 Å². The molecule has 2 aliphatic carbocycles. The molecule has 2 aliphatic rings. The fraction of sp³-hybridized carbons (Fsp3) is 0.700. The molecule has 0 aliphatic heterocycles. The van der Waals surface area contributed by atoms with Crippen LogP contribution in [0.25, 0.3) is 0 Å². The zero-order valence-corrected chi connectivity index (χ0v) is 8.39. The normalized spacial score (nSPS) is 37.1. The Hall–Kier alpha value is -0.570. The molecule has 2 bridgehead atoms. The van der Waals surface area contributed by atoms with E-state index < -0.39 is 0 Å². The Bertz CT molecular complexity index is 320. The van der Waals surface area contributed by atoms with Crippen molar-refractivity contribution >= 4 is 16.5 Å². The van der Waals surface area contributed by atoms with Crippen molar-refractivity contribution < 1.29 is 0 Å². The van der Waals surface area contributed by atoms with Crippen molar-refractivity contribution in [2.24, 2.45) is 11.8 Å². The molecule has 70 valence electrons. The molecule has 0 spiro atoms. The van der Waals surface area contributed by atoms with E-state index in [1.807, 2.05) is 0 Å². The molecule has 1 aromatic rings. The summed E-state index contributed by atoms with van der Waals surface area (Å²) in [5, 5.41) is 2.89. The third-order valence-corrected chi connectivity index (χ3v) is 4.35. The Morgan fingerprint density at radius 1 is 1.38 bits per heavy atom. The summed E-state index contributed by atoms with van der Waals surface area (Å²) in [6.07, 6.45) is 5.70. The summed E-state index contributed by atoms with van der Waals surface area (Å²) in [7, 11) is 0. The number of nitrogens with two attached hydrogens (primary N) is 1. The van der Waals surface area contributed by atoms with E-state index in [0.717, 1.165) is 22.9 Å². The van der Waals surface area contributed by atoms with Crippen molar-refractivity contribution in [1.82, 2.24) is 4.98 Å². The standard InChI is InChI=1S/C10H14N2S/c11-10-12-9(5-13-10)8-4-6-1-2-7(8)3-6/h5-8H,1-4H2,(H2,11,12)/t6-,7-,8-/m0/s1. The smallest absolute Gasteiger partial charge is 0.180 e. The van der Waals surface area contributed by atoms with Crippen molar-refractivity contribution in [3.8, 4) is 0 Å². The van der Waals surface area contributed by atoms with Gasteiger partial charge in [0.25, 0.3) is 0 Å². The van der Waals surface area contributed by atoms with Gasteiger partial charge in [0, 0.05) is 11.3 Å². The lowest BCUT2D eigenvalue weighted by Gasteiger charge is -2.19. The number of hydrogen-bond donors (Lipinski definition) is 1. The maximum Gasteiger partial charge on any atom is 0.180 e. The second kappa shape index (κ2) is 2.71. The maximum absolute atomic E-state index is 5.65. The van der Waals surface area contributed by atoms with Gasteiger partial charge in [-0.05, 0) is 31.1 Å². The number of fused-ring (bicyclic) bond motifs is 2. The Morgan fingerprint density at radius 3 is 2.85 bits per heavy atom. The molecule has 0 amide bonds. The second-order valence-corrected chi connectivity index (χ2v) is 5.28. The summed E-state index contributed by atoms with van der Waals surface area (Å²) < 4.78 is 0. The summed E-state index contributed by atoms with van der Waals surface area (Å²) in [4.78, 5) is 4.41. The van der Waals surface area contributed by atoms with Crippen LogP contribution in [0.4, 0.5) is 5.13 Å². The van der Waals surface area contributed by atoms with Crippen LogP contribution in [0.3, 0.4) is 0 Å². The minimum absolute atomic E-state index is 0.734. The monoisotopic (exact) mass is 194 g/mol. The van der Waals surface area contributed by atoms with Gasteiger partial charge in [0.05, 0.1) is 5.69 Å². The quantitative estimate of drug-likeness (QED) is 0.746. The molecule has 2 N–H and O–H groups in total. The number of nitrogen functional groups attached to an aromatic ring is 1. The number of thiazole rings is 1. The van der Waals surface area contributed by atoms with Gasteiger partial charge in [-0.1, -0.05) is 6.42 Å². The first-order valence-corrected chi connectivity index (χ1v) is 5.92. The fourth-order valence-electron chi connectivity index (χ4n) is 3.08. The van der Waals surface area contributed by atoms with E-state index in [1.165, 1.54) is 31.4 Å². The minimum Gasteiger partial charge on any atom is -0.375 e. The van der Waals surface area contributed by atoms with Crippen molar-refractivity contribution in [1.29, 1.82) is 0 Å². The van der Waals surface area contributed by atoms with Gasteiger partial charge < -0.3 is 5.73 Å². The molecule has 2 saturated carbocycles. The zero-order chi connectivity index (χ0) is 8.84. The first-order valence-electron chi connectivity index (χ1n) is 5.04. The van der Waals surface area contributed by atoms with Gasteiger partial charge in [-0.25, -0.2) is 4.98 Å². The first-order chi connectivity index (χ1) is 6.33. The molecule has 2 nitrogen and oxygen atoms in total. The van der Waals surface area contributed by atoms with Crippen LogP contribution in [0.15, 0.2) is 5.38 Å². The van der Waals surface area contributed by atoms with Gasteiger partial charge in [0.1, 0.15) is 0 Å². The van der Waals surface area contributed by atoms with E-state index in [0.29, 0.717) is 0 Å². The van der Waals surface area contributed by atoms with E-state index >= 15 is 0 Å². The molecule has 0 radical (unpaired) electrons. The number of aromatic nitrogens is 1. The highest BCUT2D eigenvalue weighted by atomic mass is 32.1. The van der Waals surface area contributed by atoms with Crippen LogP contribution in [0.5, 0.6) is 0 Å². The molecule has 0 unspecified atom stereocenters. The molecule has 13 heavy (non-hydrogen) atoms. The van der Waals surface area contributed by atoms with Crippen molar-refractivity contribution in [2.75, 3.05) is 5.73 Å². The maximum atomic E-state index is 5.65. The highest BCUT2D eigenvalue weighted by Crippen LogP contribution is 2.52. The van der Waals surface area contributed by atoms with Crippen LogP contribution in [0.2, 0.25) is 0 Å². The predicted octanol–water partition coefficient (Wildman–Crippen LogP) is 2.63. The highest BCUT2D eigenvalue weighted by Gasteiger charge is 2.40. The average molecular weight is 194 g/mol. The molecule has 3 atom stereocenters. The third kappa shape index (κ3) is 1.17. The summed E-state index contributed by atoms with van der Waals surface area (Å²) >= 11 is 1.59. The minimum atomic E-state index is 0.734. The summed E-state index contributed by atoms with van der Waals surface area (Å²) in [5.41, 5.74) is 6.92.